The Bertz CT molecular complexity index is 423. The van der Waals surface area contributed by atoms with E-state index in [9.17, 15) is 0 Å². The van der Waals surface area contributed by atoms with Gasteiger partial charge in [-0.25, -0.2) is 0 Å². The van der Waals surface area contributed by atoms with Gasteiger partial charge in [0.1, 0.15) is 0 Å². The maximum atomic E-state index is 2.72. The van der Waals surface area contributed by atoms with Crippen molar-refractivity contribution in [3.05, 3.63) is 29.8 Å². The van der Waals surface area contributed by atoms with Crippen LogP contribution in [0.5, 0.6) is 0 Å². The molecule has 0 N–H and O–H groups in total. The molecule has 0 saturated carbocycles. The van der Waals surface area contributed by atoms with Gasteiger partial charge in [-0.2, -0.15) is 0 Å². The van der Waals surface area contributed by atoms with E-state index >= 15 is 0 Å². The average molecular weight is 258 g/mol. The zero-order valence-corrected chi connectivity index (χ0v) is 12.5. The number of hydrogen-bond acceptors (Lipinski definition) is 2. The second-order valence-electron chi connectivity index (χ2n) is 6.59. The van der Waals surface area contributed by atoms with E-state index < -0.39 is 0 Å². The number of fused-ring (bicyclic) bond motifs is 1. The van der Waals surface area contributed by atoms with E-state index in [0.29, 0.717) is 12.0 Å². The predicted octanol–water partition coefficient (Wildman–Crippen LogP) is 3.30. The van der Waals surface area contributed by atoms with E-state index in [1.165, 1.54) is 43.7 Å². The van der Waals surface area contributed by atoms with Crippen molar-refractivity contribution in [1.29, 1.82) is 0 Å². The standard InChI is InChI=1S/C17H26N2/c1-13(2)17-12-18-10-4-5-16(18)11-19(17)15-8-6-14(3)7-9-15/h6-9,13,16-17H,4-5,10-12H2,1-3H3. The van der Waals surface area contributed by atoms with Crippen LogP contribution in [-0.4, -0.2) is 36.6 Å². The van der Waals surface area contributed by atoms with Gasteiger partial charge in [0.15, 0.2) is 0 Å². The summed E-state index contributed by atoms with van der Waals surface area (Å²) in [5.74, 6) is 0.711. The van der Waals surface area contributed by atoms with E-state index in [4.69, 9.17) is 0 Å². The Morgan fingerprint density at radius 1 is 1.11 bits per heavy atom. The lowest BCUT2D eigenvalue weighted by Gasteiger charge is -2.46. The van der Waals surface area contributed by atoms with Gasteiger partial charge in [-0.05, 0) is 44.4 Å². The summed E-state index contributed by atoms with van der Waals surface area (Å²) in [7, 11) is 0. The highest BCUT2D eigenvalue weighted by Crippen LogP contribution is 2.31. The van der Waals surface area contributed by atoms with Gasteiger partial charge in [-0.3, -0.25) is 4.90 Å². The Hall–Kier alpha value is -1.02. The van der Waals surface area contributed by atoms with Crippen molar-refractivity contribution in [2.45, 2.75) is 45.7 Å². The van der Waals surface area contributed by atoms with E-state index in [1.807, 2.05) is 0 Å². The molecule has 3 rings (SSSR count). The Morgan fingerprint density at radius 3 is 2.53 bits per heavy atom. The molecule has 0 aliphatic carbocycles. The zero-order chi connectivity index (χ0) is 13.4. The number of rotatable bonds is 2. The Labute approximate surface area is 117 Å². The molecule has 0 bridgehead atoms. The molecule has 0 radical (unpaired) electrons. The fourth-order valence-corrected chi connectivity index (χ4v) is 3.65. The molecule has 2 unspecified atom stereocenters. The van der Waals surface area contributed by atoms with Gasteiger partial charge < -0.3 is 4.90 Å². The minimum absolute atomic E-state index is 0.664. The quantitative estimate of drug-likeness (QED) is 0.803. The number of nitrogens with zero attached hydrogens (tertiary/aromatic N) is 2. The van der Waals surface area contributed by atoms with E-state index in [0.717, 1.165) is 6.04 Å². The smallest absolute Gasteiger partial charge is 0.0440 e. The SMILES string of the molecule is Cc1ccc(N2CC3CCCN3CC2C(C)C)cc1. The zero-order valence-electron chi connectivity index (χ0n) is 12.5. The topological polar surface area (TPSA) is 6.48 Å². The van der Waals surface area contributed by atoms with Crippen molar-refractivity contribution in [3.8, 4) is 0 Å². The molecule has 0 amide bonds. The predicted molar refractivity (Wildman–Crippen MR) is 81.7 cm³/mol. The minimum Gasteiger partial charge on any atom is -0.365 e. The van der Waals surface area contributed by atoms with Crippen LogP contribution in [0.25, 0.3) is 0 Å². The van der Waals surface area contributed by atoms with Crippen molar-refractivity contribution in [1.82, 2.24) is 4.90 Å². The molecule has 104 valence electrons. The minimum atomic E-state index is 0.664. The number of benzene rings is 1. The van der Waals surface area contributed by atoms with Gasteiger partial charge in [-0.1, -0.05) is 31.5 Å². The summed E-state index contributed by atoms with van der Waals surface area (Å²) >= 11 is 0. The second-order valence-corrected chi connectivity index (χ2v) is 6.59. The summed E-state index contributed by atoms with van der Waals surface area (Å²) in [6.07, 6.45) is 2.77. The van der Waals surface area contributed by atoms with Gasteiger partial charge in [0.25, 0.3) is 0 Å². The van der Waals surface area contributed by atoms with Crippen LogP contribution < -0.4 is 4.90 Å². The highest BCUT2D eigenvalue weighted by atomic mass is 15.3. The van der Waals surface area contributed by atoms with Gasteiger partial charge in [0.05, 0.1) is 0 Å². The number of anilines is 1. The molecular formula is C17H26N2. The number of piperazine rings is 1. The molecule has 2 nitrogen and oxygen atoms in total. The lowest BCUT2D eigenvalue weighted by Crippen LogP contribution is -2.58. The Kier molecular flexibility index (Phi) is 3.53. The van der Waals surface area contributed by atoms with Crippen molar-refractivity contribution >= 4 is 5.69 Å². The summed E-state index contributed by atoms with van der Waals surface area (Å²) in [6, 6.07) is 10.5. The van der Waals surface area contributed by atoms with Crippen LogP contribution in [0.2, 0.25) is 0 Å². The first kappa shape index (κ1) is 13.0. The summed E-state index contributed by atoms with van der Waals surface area (Å²) in [6.45, 7) is 10.7. The highest BCUT2D eigenvalue weighted by Gasteiger charge is 2.37. The number of aryl methyl sites for hydroxylation is 1. The van der Waals surface area contributed by atoms with Crippen molar-refractivity contribution < 1.29 is 0 Å². The van der Waals surface area contributed by atoms with Gasteiger partial charge in [0.2, 0.25) is 0 Å². The molecule has 2 aliphatic heterocycles. The first-order chi connectivity index (χ1) is 9.15. The first-order valence-electron chi connectivity index (χ1n) is 7.72. The average Bonchev–Trinajstić information content (AvgIpc) is 2.85. The van der Waals surface area contributed by atoms with Gasteiger partial charge in [0, 0.05) is 30.9 Å². The van der Waals surface area contributed by atoms with Crippen molar-refractivity contribution in [2.24, 2.45) is 5.92 Å². The normalized spacial score (nSPS) is 27.9. The molecule has 1 aromatic rings. The summed E-state index contributed by atoms with van der Waals surface area (Å²) in [5, 5.41) is 0. The summed E-state index contributed by atoms with van der Waals surface area (Å²) in [4.78, 5) is 5.38. The third-order valence-electron chi connectivity index (χ3n) is 4.86. The van der Waals surface area contributed by atoms with Crippen LogP contribution in [0.3, 0.4) is 0 Å². The molecule has 1 aromatic carbocycles. The Morgan fingerprint density at radius 2 is 1.84 bits per heavy atom. The van der Waals surface area contributed by atoms with E-state index in [-0.39, 0.29) is 0 Å². The maximum absolute atomic E-state index is 2.72. The van der Waals surface area contributed by atoms with Crippen LogP contribution in [0, 0.1) is 12.8 Å². The molecular weight excluding hydrogens is 232 g/mol. The molecule has 2 atom stereocenters. The summed E-state index contributed by atoms with van der Waals surface area (Å²) in [5.41, 5.74) is 2.76. The Balaban J connectivity index is 1.85. The molecule has 2 saturated heterocycles. The molecule has 2 aliphatic rings. The first-order valence-corrected chi connectivity index (χ1v) is 7.72. The van der Waals surface area contributed by atoms with E-state index in [2.05, 4.69) is 54.8 Å². The number of hydrogen-bond donors (Lipinski definition) is 0. The van der Waals surface area contributed by atoms with Crippen LogP contribution in [-0.2, 0) is 0 Å². The fraction of sp³-hybridized carbons (Fsp3) is 0.647. The fourth-order valence-electron chi connectivity index (χ4n) is 3.65. The molecule has 0 spiro atoms. The molecule has 2 heteroatoms. The monoisotopic (exact) mass is 258 g/mol. The lowest BCUT2D eigenvalue weighted by atomic mass is 9.96. The van der Waals surface area contributed by atoms with Crippen LogP contribution >= 0.6 is 0 Å². The third-order valence-corrected chi connectivity index (χ3v) is 4.86. The molecule has 19 heavy (non-hydrogen) atoms. The van der Waals surface area contributed by atoms with E-state index in [1.54, 1.807) is 0 Å². The van der Waals surface area contributed by atoms with Crippen molar-refractivity contribution in [2.75, 3.05) is 24.5 Å². The summed E-state index contributed by atoms with van der Waals surface area (Å²) < 4.78 is 0. The second kappa shape index (κ2) is 5.16. The maximum Gasteiger partial charge on any atom is 0.0440 e. The van der Waals surface area contributed by atoms with Crippen LogP contribution in [0.1, 0.15) is 32.3 Å². The van der Waals surface area contributed by atoms with Crippen LogP contribution in [0.15, 0.2) is 24.3 Å². The highest BCUT2D eigenvalue weighted by molar-refractivity contribution is 5.49. The molecule has 2 fully saturated rings. The van der Waals surface area contributed by atoms with Gasteiger partial charge >= 0.3 is 0 Å². The van der Waals surface area contributed by atoms with Gasteiger partial charge in [-0.15, -0.1) is 0 Å². The third kappa shape index (κ3) is 2.51. The lowest BCUT2D eigenvalue weighted by molar-refractivity contribution is 0.176. The van der Waals surface area contributed by atoms with Crippen LogP contribution in [0.4, 0.5) is 5.69 Å². The largest absolute Gasteiger partial charge is 0.365 e. The molecule has 0 aromatic heterocycles. The van der Waals surface area contributed by atoms with Crippen molar-refractivity contribution in [3.63, 3.8) is 0 Å². The molecule has 2 heterocycles.